The second kappa shape index (κ2) is 5.08. The van der Waals surface area contributed by atoms with Gasteiger partial charge in [0.05, 0.1) is 6.10 Å². The van der Waals surface area contributed by atoms with E-state index in [9.17, 15) is 4.79 Å². The van der Waals surface area contributed by atoms with Gasteiger partial charge in [-0.05, 0) is 18.9 Å². The molecule has 0 saturated heterocycles. The Morgan fingerprint density at radius 1 is 1.45 bits per heavy atom. The monoisotopic (exact) mass is 156 g/mol. The molecule has 0 rings (SSSR count). The number of methoxy groups -OCH3 is 1. The molecule has 0 aromatic carbocycles. The third kappa shape index (κ3) is 4.73. The molecule has 0 amide bonds. The van der Waals surface area contributed by atoms with Gasteiger partial charge in [-0.1, -0.05) is 19.9 Å². The lowest BCUT2D eigenvalue weighted by atomic mass is 10.1. The maximum Gasteiger partial charge on any atom is 0.152 e. The van der Waals surface area contributed by atoms with Crippen molar-refractivity contribution in [3.8, 4) is 0 Å². The summed E-state index contributed by atoms with van der Waals surface area (Å²) < 4.78 is 5.12. The molecule has 0 aliphatic carbocycles. The first kappa shape index (κ1) is 10.4. The molecular formula is C9H16O2. The van der Waals surface area contributed by atoms with Crippen molar-refractivity contribution in [2.75, 3.05) is 7.11 Å². The number of carbonyl (C=O) groups is 1. The summed E-state index contributed by atoms with van der Waals surface area (Å²) in [5.74, 6) is 0.475. The Kier molecular flexibility index (Phi) is 4.79. The van der Waals surface area contributed by atoms with Crippen LogP contribution in [0.1, 0.15) is 20.8 Å². The molecule has 0 saturated carbocycles. The predicted molar refractivity (Wildman–Crippen MR) is 45.5 cm³/mol. The number of ketones is 1. The van der Waals surface area contributed by atoms with Gasteiger partial charge < -0.3 is 4.74 Å². The molecule has 0 N–H and O–H groups in total. The summed E-state index contributed by atoms with van der Waals surface area (Å²) in [6.45, 7) is 5.64. The van der Waals surface area contributed by atoms with Crippen molar-refractivity contribution in [2.45, 2.75) is 26.9 Å². The zero-order valence-corrected chi connectivity index (χ0v) is 7.63. The number of rotatable bonds is 4. The lowest BCUT2D eigenvalue weighted by Crippen LogP contribution is -2.14. The Balaban J connectivity index is 3.97. The number of hydrogen-bond acceptors (Lipinski definition) is 2. The van der Waals surface area contributed by atoms with Crippen LogP contribution in [0.25, 0.3) is 0 Å². The number of allylic oxidation sites excluding steroid dienone is 1. The highest BCUT2D eigenvalue weighted by atomic mass is 16.5. The predicted octanol–water partition coefficient (Wildman–Crippen LogP) is 1.80. The summed E-state index contributed by atoms with van der Waals surface area (Å²) in [4.78, 5) is 10.5. The molecule has 0 aliphatic rings. The van der Waals surface area contributed by atoms with Gasteiger partial charge in [-0.15, -0.1) is 0 Å². The van der Waals surface area contributed by atoms with E-state index in [1.165, 1.54) is 6.92 Å². The molecule has 1 unspecified atom stereocenters. The Morgan fingerprint density at radius 2 is 2.00 bits per heavy atom. The average molecular weight is 156 g/mol. The zero-order valence-electron chi connectivity index (χ0n) is 7.63. The van der Waals surface area contributed by atoms with Crippen molar-refractivity contribution >= 4 is 5.78 Å². The Bertz CT molecular complexity index is 148. The molecule has 0 spiro atoms. The zero-order chi connectivity index (χ0) is 8.85. The van der Waals surface area contributed by atoms with E-state index >= 15 is 0 Å². The summed E-state index contributed by atoms with van der Waals surface area (Å²) in [5, 5.41) is 0. The highest BCUT2D eigenvalue weighted by molar-refractivity contribution is 5.87. The van der Waals surface area contributed by atoms with Gasteiger partial charge >= 0.3 is 0 Å². The average Bonchev–Trinajstić information content (AvgIpc) is 1.87. The minimum absolute atomic E-state index is 0.0545. The van der Waals surface area contributed by atoms with Crippen LogP contribution in [0, 0.1) is 5.92 Å². The summed E-state index contributed by atoms with van der Waals surface area (Å²) in [5.41, 5.74) is 0. The molecule has 2 heteroatoms. The van der Waals surface area contributed by atoms with Gasteiger partial charge in [0.25, 0.3) is 0 Å². The first-order chi connectivity index (χ1) is 5.07. The molecule has 0 aliphatic heterocycles. The Hall–Kier alpha value is -0.630. The summed E-state index contributed by atoms with van der Waals surface area (Å²) in [6.07, 6.45) is 3.40. The maximum atomic E-state index is 10.5. The van der Waals surface area contributed by atoms with Crippen LogP contribution < -0.4 is 0 Å². The van der Waals surface area contributed by atoms with Gasteiger partial charge in [0.15, 0.2) is 5.78 Å². The first-order valence-electron chi connectivity index (χ1n) is 3.79. The fourth-order valence-corrected chi connectivity index (χ4v) is 0.803. The summed E-state index contributed by atoms with van der Waals surface area (Å²) in [7, 11) is 1.65. The van der Waals surface area contributed by atoms with Gasteiger partial charge in [0.1, 0.15) is 0 Å². The number of carbonyl (C=O) groups excluding carboxylic acids is 1. The molecular weight excluding hydrogens is 140 g/mol. The summed E-state index contributed by atoms with van der Waals surface area (Å²) in [6, 6.07) is 0. The van der Waals surface area contributed by atoms with E-state index in [4.69, 9.17) is 4.74 Å². The quantitative estimate of drug-likeness (QED) is 0.580. The standard InChI is InChI=1S/C9H16O2/c1-7(2)9(11-4)6-5-8(3)10/h5-7,9H,1-4H3. The molecule has 0 aromatic rings. The van der Waals surface area contributed by atoms with Gasteiger partial charge in [-0.3, -0.25) is 4.79 Å². The molecule has 1 atom stereocenters. The van der Waals surface area contributed by atoms with E-state index in [1.54, 1.807) is 19.3 Å². The molecule has 0 aromatic heterocycles. The fourth-order valence-electron chi connectivity index (χ4n) is 0.803. The van der Waals surface area contributed by atoms with Crippen LogP contribution in [0.15, 0.2) is 12.2 Å². The first-order valence-corrected chi connectivity index (χ1v) is 3.79. The third-order valence-electron chi connectivity index (χ3n) is 1.45. The van der Waals surface area contributed by atoms with Crippen molar-refractivity contribution in [3.05, 3.63) is 12.2 Å². The van der Waals surface area contributed by atoms with Crippen LogP contribution in [0.2, 0.25) is 0 Å². The van der Waals surface area contributed by atoms with E-state index in [0.29, 0.717) is 5.92 Å². The molecule has 2 nitrogen and oxygen atoms in total. The van der Waals surface area contributed by atoms with Crippen LogP contribution in [0.5, 0.6) is 0 Å². The highest BCUT2D eigenvalue weighted by Gasteiger charge is 2.06. The minimum atomic E-state index is 0.0545. The SMILES string of the molecule is COC(C=CC(C)=O)C(C)C. The van der Waals surface area contributed by atoms with Crippen molar-refractivity contribution in [1.29, 1.82) is 0 Å². The molecule has 0 fully saturated rings. The van der Waals surface area contributed by atoms with Crippen molar-refractivity contribution < 1.29 is 9.53 Å². The fraction of sp³-hybridized carbons (Fsp3) is 0.667. The summed E-state index contributed by atoms with van der Waals surface area (Å²) >= 11 is 0. The van der Waals surface area contributed by atoms with Gasteiger partial charge in [-0.25, -0.2) is 0 Å². The number of hydrogen-bond donors (Lipinski definition) is 0. The lowest BCUT2D eigenvalue weighted by molar-refractivity contribution is -0.112. The number of ether oxygens (including phenoxy) is 1. The normalized spacial score (nSPS) is 14.3. The van der Waals surface area contributed by atoms with E-state index in [2.05, 4.69) is 13.8 Å². The van der Waals surface area contributed by atoms with Crippen LogP contribution in [0.3, 0.4) is 0 Å². The second-order valence-electron chi connectivity index (χ2n) is 2.91. The smallest absolute Gasteiger partial charge is 0.152 e. The largest absolute Gasteiger partial charge is 0.377 e. The minimum Gasteiger partial charge on any atom is -0.377 e. The molecule has 0 heterocycles. The maximum absolute atomic E-state index is 10.5. The highest BCUT2D eigenvalue weighted by Crippen LogP contribution is 2.06. The van der Waals surface area contributed by atoms with E-state index in [0.717, 1.165) is 0 Å². The van der Waals surface area contributed by atoms with E-state index in [1.807, 2.05) is 0 Å². The van der Waals surface area contributed by atoms with Crippen molar-refractivity contribution in [2.24, 2.45) is 5.92 Å². The third-order valence-corrected chi connectivity index (χ3v) is 1.45. The lowest BCUT2D eigenvalue weighted by Gasteiger charge is -2.13. The second-order valence-corrected chi connectivity index (χ2v) is 2.91. The topological polar surface area (TPSA) is 26.3 Å². The molecule has 64 valence electrons. The molecule has 0 bridgehead atoms. The van der Waals surface area contributed by atoms with Crippen molar-refractivity contribution in [1.82, 2.24) is 0 Å². The van der Waals surface area contributed by atoms with Crippen LogP contribution in [-0.4, -0.2) is 19.0 Å². The van der Waals surface area contributed by atoms with Crippen molar-refractivity contribution in [3.63, 3.8) is 0 Å². The van der Waals surface area contributed by atoms with Crippen LogP contribution in [0.4, 0.5) is 0 Å². The van der Waals surface area contributed by atoms with Crippen LogP contribution in [-0.2, 0) is 9.53 Å². The van der Waals surface area contributed by atoms with Gasteiger partial charge in [-0.2, -0.15) is 0 Å². The van der Waals surface area contributed by atoms with E-state index < -0.39 is 0 Å². The van der Waals surface area contributed by atoms with Gasteiger partial charge in [0.2, 0.25) is 0 Å². The van der Waals surface area contributed by atoms with E-state index in [-0.39, 0.29) is 11.9 Å². The Labute approximate surface area is 68.2 Å². The molecule has 0 radical (unpaired) electrons. The van der Waals surface area contributed by atoms with Gasteiger partial charge in [0, 0.05) is 7.11 Å². The van der Waals surface area contributed by atoms with Crippen LogP contribution >= 0.6 is 0 Å². The Morgan fingerprint density at radius 3 is 2.27 bits per heavy atom. The molecule has 11 heavy (non-hydrogen) atoms.